The van der Waals surface area contributed by atoms with Gasteiger partial charge in [0, 0.05) is 47.8 Å². The maximum Gasteiger partial charge on any atom is 0.408 e. The molecule has 8 rings (SSSR count). The van der Waals surface area contributed by atoms with E-state index in [-0.39, 0.29) is 11.9 Å². The standard InChI is InChI=1S/C52H52N4O5/c57-50(47(34-37-21-7-4-8-22-37)56-52(59)61-49-45-29-15-11-25-41(45)42-26-12-16-30-46(42)49)54-32-18-2-1-17-31-53-38(33-36-19-5-3-6-20-36)35-55-51(58)60-48-43-27-13-9-23-39(43)40-24-10-14-28-44(40)48/h3-16,19-30,38,47-49,53H,1-2,17-18,31-35H2,(H,54,57)(H,55,58)(H,56,59). The predicted molar refractivity (Wildman–Crippen MR) is 239 cm³/mol. The number of rotatable bonds is 18. The predicted octanol–water partition coefficient (Wildman–Crippen LogP) is 9.47. The fourth-order valence-corrected chi connectivity index (χ4v) is 8.53. The van der Waals surface area contributed by atoms with Crippen LogP contribution in [-0.2, 0) is 27.1 Å². The van der Waals surface area contributed by atoms with Crippen LogP contribution in [0.5, 0.6) is 0 Å². The van der Waals surface area contributed by atoms with Crippen molar-refractivity contribution in [2.45, 2.75) is 62.8 Å². The number of carbonyl (C=O) groups excluding carboxylic acids is 3. The highest BCUT2D eigenvalue weighted by atomic mass is 16.6. The number of ether oxygens (including phenoxy) is 2. The van der Waals surface area contributed by atoms with E-state index in [0.29, 0.717) is 19.5 Å². The van der Waals surface area contributed by atoms with E-state index >= 15 is 0 Å². The highest BCUT2D eigenvalue weighted by Gasteiger charge is 2.33. The Balaban J connectivity index is 0.788. The lowest BCUT2D eigenvalue weighted by molar-refractivity contribution is -0.123. The summed E-state index contributed by atoms with van der Waals surface area (Å²) in [5, 5.41) is 12.6. The van der Waals surface area contributed by atoms with Crippen LogP contribution in [-0.4, -0.2) is 49.8 Å². The minimum Gasteiger partial charge on any atom is -0.436 e. The second kappa shape index (κ2) is 20.0. The Morgan fingerprint density at radius 1 is 0.459 bits per heavy atom. The van der Waals surface area contributed by atoms with E-state index in [1.54, 1.807) is 0 Å². The lowest BCUT2D eigenvalue weighted by atomic mass is 10.1. The summed E-state index contributed by atoms with van der Waals surface area (Å²) in [5.41, 5.74) is 10.3. The van der Waals surface area contributed by atoms with Crippen LogP contribution >= 0.6 is 0 Å². The molecule has 0 radical (unpaired) electrons. The van der Waals surface area contributed by atoms with Crippen LogP contribution in [0.2, 0.25) is 0 Å². The molecule has 0 spiro atoms. The first kappa shape index (κ1) is 41.0. The molecule has 0 heterocycles. The zero-order chi connectivity index (χ0) is 41.8. The molecule has 3 amide bonds. The van der Waals surface area contributed by atoms with Gasteiger partial charge in [-0.15, -0.1) is 0 Å². The van der Waals surface area contributed by atoms with Crippen LogP contribution in [0, 0.1) is 0 Å². The second-order valence-corrected chi connectivity index (χ2v) is 15.7. The van der Waals surface area contributed by atoms with Crippen LogP contribution in [0.15, 0.2) is 158 Å². The Kier molecular flexibility index (Phi) is 13.5. The van der Waals surface area contributed by atoms with Crippen molar-refractivity contribution in [2.24, 2.45) is 0 Å². The molecule has 9 nitrogen and oxygen atoms in total. The van der Waals surface area contributed by atoms with Gasteiger partial charge in [0.25, 0.3) is 0 Å². The first-order chi connectivity index (χ1) is 30.0. The molecule has 0 aliphatic heterocycles. The maximum absolute atomic E-state index is 13.6. The molecule has 6 aromatic rings. The molecule has 61 heavy (non-hydrogen) atoms. The minimum atomic E-state index is -0.803. The van der Waals surface area contributed by atoms with Gasteiger partial charge in [0.05, 0.1) is 0 Å². The van der Waals surface area contributed by atoms with Crippen LogP contribution in [0.1, 0.15) is 71.3 Å². The molecule has 0 saturated carbocycles. The Bertz CT molecular complexity index is 2330. The van der Waals surface area contributed by atoms with E-state index in [9.17, 15) is 14.4 Å². The van der Waals surface area contributed by atoms with Crippen molar-refractivity contribution in [2.75, 3.05) is 19.6 Å². The fourth-order valence-electron chi connectivity index (χ4n) is 8.53. The molecule has 2 aliphatic carbocycles. The van der Waals surface area contributed by atoms with Gasteiger partial charge in [-0.05, 0) is 59.2 Å². The van der Waals surface area contributed by atoms with Gasteiger partial charge in [0.15, 0.2) is 12.2 Å². The van der Waals surface area contributed by atoms with Gasteiger partial charge in [-0.25, -0.2) is 9.59 Å². The molecular formula is C52H52N4O5. The van der Waals surface area contributed by atoms with Crippen molar-refractivity contribution in [1.29, 1.82) is 0 Å². The highest BCUT2D eigenvalue weighted by molar-refractivity contribution is 5.86. The monoisotopic (exact) mass is 812 g/mol. The van der Waals surface area contributed by atoms with Crippen LogP contribution in [0.25, 0.3) is 22.3 Å². The Hall–Kier alpha value is -6.71. The summed E-state index contributed by atoms with van der Waals surface area (Å²) >= 11 is 0. The zero-order valence-electron chi connectivity index (χ0n) is 34.2. The zero-order valence-corrected chi connectivity index (χ0v) is 34.2. The molecule has 4 N–H and O–H groups in total. The van der Waals surface area contributed by atoms with E-state index in [1.165, 1.54) is 5.56 Å². The maximum atomic E-state index is 13.6. The van der Waals surface area contributed by atoms with E-state index in [2.05, 4.69) is 45.5 Å². The summed E-state index contributed by atoms with van der Waals surface area (Å²) in [6.45, 7) is 1.70. The summed E-state index contributed by atoms with van der Waals surface area (Å²) in [4.78, 5) is 40.2. The number of benzene rings is 6. The molecule has 9 heteroatoms. The molecule has 0 aromatic heterocycles. The van der Waals surface area contributed by atoms with Gasteiger partial charge in [0.1, 0.15) is 6.04 Å². The largest absolute Gasteiger partial charge is 0.436 e. The van der Waals surface area contributed by atoms with Crippen molar-refractivity contribution in [3.05, 3.63) is 191 Å². The molecule has 0 fully saturated rings. The van der Waals surface area contributed by atoms with Crippen LogP contribution in [0.4, 0.5) is 9.59 Å². The fraction of sp³-hybridized carbons (Fsp3) is 0.250. The first-order valence-corrected chi connectivity index (χ1v) is 21.4. The average Bonchev–Trinajstić information content (AvgIpc) is 3.78. The molecule has 0 saturated heterocycles. The van der Waals surface area contributed by atoms with E-state index in [4.69, 9.17) is 9.47 Å². The third-order valence-corrected chi connectivity index (χ3v) is 11.5. The van der Waals surface area contributed by atoms with Gasteiger partial charge in [-0.1, -0.05) is 171 Å². The van der Waals surface area contributed by atoms with Crippen molar-refractivity contribution in [3.8, 4) is 22.3 Å². The molecule has 2 aliphatic rings. The normalized spacial score (nSPS) is 13.5. The third kappa shape index (κ3) is 10.2. The quantitative estimate of drug-likeness (QED) is 0.0643. The molecule has 2 atom stereocenters. The number of nitrogens with one attached hydrogen (secondary N) is 4. The average molecular weight is 813 g/mol. The summed E-state index contributed by atoms with van der Waals surface area (Å²) in [6.07, 6.45) is 2.67. The molecular weight excluding hydrogens is 761 g/mol. The Morgan fingerprint density at radius 3 is 1.39 bits per heavy atom. The van der Waals surface area contributed by atoms with Crippen LogP contribution < -0.4 is 21.3 Å². The lowest BCUT2D eigenvalue weighted by Crippen LogP contribution is -2.48. The number of hydrogen-bond donors (Lipinski definition) is 4. The second-order valence-electron chi connectivity index (χ2n) is 15.7. The van der Waals surface area contributed by atoms with Gasteiger partial charge in [0.2, 0.25) is 5.91 Å². The number of unbranched alkanes of at least 4 members (excludes halogenated alkanes) is 3. The van der Waals surface area contributed by atoms with E-state index in [0.717, 1.165) is 88.7 Å². The summed E-state index contributed by atoms with van der Waals surface area (Å²) in [5.74, 6) is -0.245. The van der Waals surface area contributed by atoms with Gasteiger partial charge in [-0.3, -0.25) is 4.79 Å². The number of fused-ring (bicyclic) bond motifs is 6. The highest BCUT2D eigenvalue weighted by Crippen LogP contribution is 2.46. The van der Waals surface area contributed by atoms with Crippen molar-refractivity contribution >= 4 is 18.1 Å². The summed E-state index contributed by atoms with van der Waals surface area (Å²) in [7, 11) is 0. The van der Waals surface area contributed by atoms with E-state index < -0.39 is 30.4 Å². The number of amides is 3. The minimum absolute atomic E-state index is 0.0104. The van der Waals surface area contributed by atoms with Crippen molar-refractivity contribution < 1.29 is 23.9 Å². The Labute approximate surface area is 357 Å². The van der Waals surface area contributed by atoms with E-state index in [1.807, 2.05) is 133 Å². The Morgan fingerprint density at radius 2 is 0.885 bits per heavy atom. The molecule has 6 aromatic carbocycles. The number of carbonyl (C=O) groups is 3. The number of alkyl carbamates (subject to hydrolysis) is 2. The lowest BCUT2D eigenvalue weighted by Gasteiger charge is -2.21. The van der Waals surface area contributed by atoms with Gasteiger partial charge >= 0.3 is 12.2 Å². The molecule has 0 bridgehead atoms. The third-order valence-electron chi connectivity index (χ3n) is 11.5. The smallest absolute Gasteiger partial charge is 0.408 e. The summed E-state index contributed by atoms with van der Waals surface area (Å²) in [6, 6.07) is 51.2. The first-order valence-electron chi connectivity index (χ1n) is 21.4. The number of hydrogen-bond acceptors (Lipinski definition) is 6. The molecule has 2 unspecified atom stereocenters. The summed E-state index contributed by atoms with van der Waals surface area (Å²) < 4.78 is 12.1. The van der Waals surface area contributed by atoms with Crippen molar-refractivity contribution in [3.63, 3.8) is 0 Å². The van der Waals surface area contributed by atoms with Gasteiger partial charge < -0.3 is 30.7 Å². The van der Waals surface area contributed by atoms with Crippen LogP contribution in [0.3, 0.4) is 0 Å². The molecule has 310 valence electrons. The topological polar surface area (TPSA) is 118 Å². The van der Waals surface area contributed by atoms with Crippen molar-refractivity contribution in [1.82, 2.24) is 21.3 Å². The van der Waals surface area contributed by atoms with Gasteiger partial charge in [-0.2, -0.15) is 0 Å². The SMILES string of the molecule is O=C(NCC(Cc1ccccc1)NCCCCCCNC(=O)C(Cc1ccccc1)NC(=O)OC1c2ccccc2-c2ccccc21)OC1c2ccccc2-c2ccccc21.